The largest absolute Gasteiger partial charge is 0.374 e. The van der Waals surface area contributed by atoms with E-state index >= 15 is 0 Å². The topological polar surface area (TPSA) is 46.5 Å². The maximum absolute atomic E-state index is 9.78. The van der Waals surface area contributed by atoms with E-state index in [1.54, 1.807) is 0 Å². The molecule has 0 saturated heterocycles. The Morgan fingerprint density at radius 1 is 1.62 bits per heavy atom. The quantitative estimate of drug-likeness (QED) is 0.357. The molecule has 0 radical (unpaired) electrons. The van der Waals surface area contributed by atoms with Gasteiger partial charge in [0.05, 0.1) is 0 Å². The summed E-state index contributed by atoms with van der Waals surface area (Å²) < 4.78 is 0. The lowest BCUT2D eigenvalue weighted by Gasteiger charge is -1.90. The number of hydrogen-bond acceptors (Lipinski definition) is 3. The highest BCUT2D eigenvalue weighted by atomic mass is 35.5. The molecule has 1 N–H and O–H groups in total. The second-order valence-corrected chi connectivity index (χ2v) is 1.81. The lowest BCUT2D eigenvalue weighted by Crippen LogP contribution is -2.08. The first-order chi connectivity index (χ1) is 3.18. The Labute approximate surface area is 54.4 Å². The first-order valence-electron chi connectivity index (χ1n) is 1.32. The first kappa shape index (κ1) is 10.8. The van der Waals surface area contributed by atoms with E-state index in [4.69, 9.17) is 28.5 Å². The highest BCUT2D eigenvalue weighted by molar-refractivity contribution is 6.52. The predicted molar refractivity (Wildman–Crippen MR) is 26.7 cm³/mol. The molecule has 0 saturated carbocycles. The Morgan fingerprint density at radius 3 is 2.00 bits per heavy atom. The zero-order valence-corrected chi connectivity index (χ0v) is 5.02. The van der Waals surface area contributed by atoms with Gasteiger partial charge in [0, 0.05) is 0 Å². The number of rotatable bonds is 1. The Bertz CT molecular complexity index is 75.7. The Hall–Kier alpha value is -0.0600. The van der Waals surface area contributed by atoms with Crippen molar-refractivity contribution >= 4 is 29.2 Å². The standard InChI is InChI=1S/C2H2Cl2O3.FH/c3-1(4)2(5)7-6;/h1,6H;1H. The van der Waals surface area contributed by atoms with E-state index in [2.05, 4.69) is 4.89 Å². The third kappa shape index (κ3) is 4.11. The maximum Gasteiger partial charge on any atom is 0.374 e. The smallest absolute Gasteiger partial charge is 0.298 e. The molecule has 3 nitrogen and oxygen atoms in total. The fraction of sp³-hybridized carbons (Fsp3) is 0.500. The highest BCUT2D eigenvalue weighted by Gasteiger charge is 2.11. The van der Waals surface area contributed by atoms with Gasteiger partial charge < -0.3 is 0 Å². The minimum Gasteiger partial charge on any atom is -0.298 e. The fourth-order valence-electron chi connectivity index (χ4n) is 0.0398. The molecule has 0 fully saturated rings. The molecule has 0 amide bonds. The van der Waals surface area contributed by atoms with Gasteiger partial charge in [-0.3, -0.25) is 9.59 Å². The van der Waals surface area contributed by atoms with Crippen LogP contribution in [0.5, 0.6) is 0 Å². The third-order valence-electron chi connectivity index (χ3n) is 0.268. The number of halogens is 3. The zero-order chi connectivity index (χ0) is 5.86. The van der Waals surface area contributed by atoms with Gasteiger partial charge in [-0.1, -0.05) is 23.2 Å². The van der Waals surface area contributed by atoms with E-state index in [9.17, 15) is 4.79 Å². The number of hydrogen-bond donors (Lipinski definition) is 1. The number of carbonyl (C=O) groups excluding carboxylic acids is 1. The summed E-state index contributed by atoms with van der Waals surface area (Å²) in [7, 11) is 0. The van der Waals surface area contributed by atoms with Gasteiger partial charge in [0.15, 0.2) is 0 Å². The Morgan fingerprint density at radius 2 is 2.00 bits per heavy atom. The van der Waals surface area contributed by atoms with Gasteiger partial charge in [0.25, 0.3) is 0 Å². The SMILES string of the molecule is F.O=C(OO)C(Cl)Cl. The van der Waals surface area contributed by atoms with Crippen LogP contribution < -0.4 is 0 Å². The second kappa shape index (κ2) is 5.08. The van der Waals surface area contributed by atoms with E-state index in [1.165, 1.54) is 0 Å². The summed E-state index contributed by atoms with van der Waals surface area (Å²) in [5.41, 5.74) is 0. The van der Waals surface area contributed by atoms with Crippen molar-refractivity contribution in [2.45, 2.75) is 4.84 Å². The molecule has 0 bridgehead atoms. The van der Waals surface area contributed by atoms with Crippen molar-refractivity contribution in [3.8, 4) is 0 Å². The minimum atomic E-state index is -1.30. The van der Waals surface area contributed by atoms with Crippen molar-refractivity contribution in [2.75, 3.05) is 0 Å². The molecule has 6 heteroatoms. The minimum absolute atomic E-state index is 0. The van der Waals surface area contributed by atoms with Crippen LogP contribution in [0.2, 0.25) is 0 Å². The van der Waals surface area contributed by atoms with Crippen LogP contribution in [0.15, 0.2) is 0 Å². The van der Waals surface area contributed by atoms with Gasteiger partial charge in [-0.25, -0.2) is 4.79 Å². The summed E-state index contributed by atoms with van der Waals surface area (Å²) >= 11 is 9.72. The van der Waals surface area contributed by atoms with Crippen molar-refractivity contribution in [1.29, 1.82) is 0 Å². The molecular formula is C2H3Cl2FO3. The highest BCUT2D eigenvalue weighted by Crippen LogP contribution is 2.01. The maximum atomic E-state index is 9.78. The van der Waals surface area contributed by atoms with Crippen LogP contribution in [0, 0.1) is 0 Å². The monoisotopic (exact) mass is 164 g/mol. The third-order valence-corrected chi connectivity index (χ3v) is 0.624. The fourth-order valence-corrected chi connectivity index (χ4v) is 0.120. The van der Waals surface area contributed by atoms with Crippen LogP contribution in [0.25, 0.3) is 0 Å². The molecule has 0 heterocycles. The average Bonchev–Trinajstić information content (AvgIpc) is 1.65. The molecule has 0 aromatic rings. The molecule has 0 aromatic carbocycles. The normalized spacial score (nSPS) is 8.00. The van der Waals surface area contributed by atoms with Gasteiger partial charge in [-0.05, 0) is 0 Å². The van der Waals surface area contributed by atoms with Crippen molar-refractivity contribution in [3.63, 3.8) is 0 Å². The van der Waals surface area contributed by atoms with Crippen molar-refractivity contribution in [3.05, 3.63) is 0 Å². The first-order valence-corrected chi connectivity index (χ1v) is 2.19. The van der Waals surface area contributed by atoms with Crippen LogP contribution in [0.1, 0.15) is 0 Å². The molecule has 8 heavy (non-hydrogen) atoms. The summed E-state index contributed by atoms with van der Waals surface area (Å²) in [4.78, 5) is 11.6. The van der Waals surface area contributed by atoms with Gasteiger partial charge in [0.2, 0.25) is 4.84 Å². The van der Waals surface area contributed by atoms with Crippen LogP contribution >= 0.6 is 23.2 Å². The lowest BCUT2D eigenvalue weighted by molar-refractivity contribution is -0.232. The van der Waals surface area contributed by atoms with Crippen LogP contribution in [-0.4, -0.2) is 16.1 Å². The average molecular weight is 165 g/mol. The van der Waals surface area contributed by atoms with Crippen LogP contribution in [0.4, 0.5) is 4.70 Å². The molecule has 0 aromatic heterocycles. The van der Waals surface area contributed by atoms with Gasteiger partial charge >= 0.3 is 5.97 Å². The van der Waals surface area contributed by atoms with E-state index in [1.807, 2.05) is 0 Å². The van der Waals surface area contributed by atoms with E-state index in [0.29, 0.717) is 0 Å². The van der Waals surface area contributed by atoms with E-state index in [-0.39, 0.29) is 4.70 Å². The molecule has 0 spiro atoms. The summed E-state index contributed by atoms with van der Waals surface area (Å²) in [6.45, 7) is 0. The summed E-state index contributed by atoms with van der Waals surface area (Å²) in [6.07, 6.45) is 0. The molecule has 0 aliphatic heterocycles. The van der Waals surface area contributed by atoms with Crippen molar-refractivity contribution < 1.29 is 19.6 Å². The molecule has 50 valence electrons. The molecular weight excluding hydrogens is 162 g/mol. The number of alkyl halides is 2. The van der Waals surface area contributed by atoms with Gasteiger partial charge in [-0.15, -0.1) is 0 Å². The molecule has 0 rings (SSSR count). The van der Waals surface area contributed by atoms with Crippen LogP contribution in [-0.2, 0) is 9.68 Å². The second-order valence-electron chi connectivity index (χ2n) is 0.711. The van der Waals surface area contributed by atoms with Crippen molar-refractivity contribution in [1.82, 2.24) is 0 Å². The Balaban J connectivity index is 0. The summed E-state index contributed by atoms with van der Waals surface area (Å²) in [5, 5.41) is 7.49. The van der Waals surface area contributed by atoms with E-state index in [0.717, 1.165) is 0 Å². The molecule has 0 aliphatic rings. The summed E-state index contributed by atoms with van der Waals surface area (Å²) in [5.74, 6) is -1.07. The van der Waals surface area contributed by atoms with Gasteiger partial charge in [-0.2, -0.15) is 5.26 Å². The van der Waals surface area contributed by atoms with E-state index < -0.39 is 10.8 Å². The molecule has 0 aliphatic carbocycles. The molecule has 0 atom stereocenters. The lowest BCUT2D eigenvalue weighted by atomic mass is 10.8. The number of carbonyl (C=O) groups is 1. The van der Waals surface area contributed by atoms with Crippen LogP contribution in [0.3, 0.4) is 0 Å². The Kier molecular flexibility index (Phi) is 6.89. The zero-order valence-electron chi connectivity index (χ0n) is 3.51. The molecule has 0 unspecified atom stereocenters. The van der Waals surface area contributed by atoms with Gasteiger partial charge in [0.1, 0.15) is 0 Å². The predicted octanol–water partition coefficient (Wildman–Crippen LogP) is 0.959. The summed E-state index contributed by atoms with van der Waals surface area (Å²) in [6, 6.07) is 0. The van der Waals surface area contributed by atoms with Crippen molar-refractivity contribution in [2.24, 2.45) is 0 Å².